The van der Waals surface area contributed by atoms with Crippen LogP contribution >= 0.6 is 0 Å². The summed E-state index contributed by atoms with van der Waals surface area (Å²) in [6, 6.07) is 1.36. The second-order valence-electron chi connectivity index (χ2n) is 5.56. The summed E-state index contributed by atoms with van der Waals surface area (Å²) >= 11 is 0. The highest BCUT2D eigenvalue weighted by Gasteiger charge is 2.34. The average molecular weight is 242 g/mol. The number of hydrogen-bond donors (Lipinski definition) is 2. The van der Waals surface area contributed by atoms with Gasteiger partial charge in [0.1, 0.15) is 0 Å². The predicted octanol–water partition coefficient (Wildman–Crippen LogP) is 0.456. The number of morpholine rings is 1. The van der Waals surface area contributed by atoms with E-state index in [1.807, 2.05) is 0 Å². The Hall–Kier alpha value is -0.160. The van der Waals surface area contributed by atoms with Gasteiger partial charge in [-0.25, -0.2) is 0 Å². The van der Waals surface area contributed by atoms with Crippen LogP contribution in [0.4, 0.5) is 0 Å². The fraction of sp³-hybridized carbons (Fsp3) is 1.00. The van der Waals surface area contributed by atoms with E-state index in [4.69, 9.17) is 4.74 Å². The van der Waals surface area contributed by atoms with Crippen LogP contribution in [0.1, 0.15) is 26.7 Å². The van der Waals surface area contributed by atoms with Crippen LogP contribution in [0, 0.1) is 5.92 Å². The third-order valence-corrected chi connectivity index (χ3v) is 4.30. The smallest absolute Gasteiger partial charge is 0.0620 e. The summed E-state index contributed by atoms with van der Waals surface area (Å²) < 4.78 is 5.49. The Balaban J connectivity index is 1.84. The Morgan fingerprint density at radius 1 is 1.53 bits per heavy atom. The van der Waals surface area contributed by atoms with Crippen molar-refractivity contribution in [3.05, 3.63) is 0 Å². The average Bonchev–Trinajstić information content (AvgIpc) is 2.71. The van der Waals surface area contributed by atoms with Crippen molar-refractivity contribution in [1.82, 2.24) is 10.2 Å². The molecule has 2 fully saturated rings. The lowest BCUT2D eigenvalue weighted by Gasteiger charge is -2.34. The first-order valence-electron chi connectivity index (χ1n) is 6.90. The molecule has 0 amide bonds. The van der Waals surface area contributed by atoms with Crippen LogP contribution in [0.2, 0.25) is 0 Å². The molecule has 4 atom stereocenters. The van der Waals surface area contributed by atoms with Gasteiger partial charge in [0, 0.05) is 24.7 Å². The largest absolute Gasteiger partial charge is 0.395 e. The van der Waals surface area contributed by atoms with E-state index in [0.717, 1.165) is 32.7 Å². The van der Waals surface area contributed by atoms with Gasteiger partial charge in [-0.2, -0.15) is 0 Å². The fourth-order valence-corrected chi connectivity index (χ4v) is 3.19. The highest BCUT2D eigenvalue weighted by atomic mass is 16.5. The summed E-state index contributed by atoms with van der Waals surface area (Å²) in [5.41, 5.74) is 0. The maximum absolute atomic E-state index is 9.48. The van der Waals surface area contributed by atoms with Crippen LogP contribution in [0.3, 0.4) is 0 Å². The van der Waals surface area contributed by atoms with Crippen molar-refractivity contribution in [3.8, 4) is 0 Å². The van der Waals surface area contributed by atoms with E-state index in [9.17, 15) is 5.11 Å². The molecule has 0 saturated carbocycles. The molecule has 4 unspecified atom stereocenters. The molecule has 0 spiro atoms. The van der Waals surface area contributed by atoms with Crippen molar-refractivity contribution in [2.45, 2.75) is 44.8 Å². The number of ether oxygens (including phenoxy) is 1. The molecular weight excluding hydrogens is 216 g/mol. The number of rotatable bonds is 4. The molecule has 0 aromatic rings. The zero-order chi connectivity index (χ0) is 12.3. The molecule has 2 rings (SSSR count). The number of nitrogens with zero attached hydrogens (tertiary/aromatic N) is 1. The minimum atomic E-state index is 0.292. The normalized spacial score (nSPS) is 37.2. The minimum absolute atomic E-state index is 0.292. The minimum Gasteiger partial charge on any atom is -0.395 e. The molecule has 17 heavy (non-hydrogen) atoms. The summed E-state index contributed by atoms with van der Waals surface area (Å²) in [5.74, 6) is 0.623. The molecule has 0 aromatic heterocycles. The molecule has 2 aliphatic heterocycles. The standard InChI is InChI=1S/C13H26N2O2/c1-10-3-5-15(13(10)8-16)11(2)7-12-9-17-6-4-14-12/h10-14,16H,3-9H2,1-2H3. The lowest BCUT2D eigenvalue weighted by molar-refractivity contribution is 0.0522. The van der Waals surface area contributed by atoms with E-state index in [1.54, 1.807) is 0 Å². The Morgan fingerprint density at radius 2 is 2.35 bits per heavy atom. The molecule has 4 heteroatoms. The summed E-state index contributed by atoms with van der Waals surface area (Å²) in [5, 5.41) is 13.0. The van der Waals surface area contributed by atoms with Crippen LogP contribution in [-0.4, -0.2) is 61.0 Å². The van der Waals surface area contributed by atoms with Crippen molar-refractivity contribution in [1.29, 1.82) is 0 Å². The van der Waals surface area contributed by atoms with Crippen LogP contribution in [0.15, 0.2) is 0 Å². The number of nitrogens with one attached hydrogen (secondary N) is 1. The Bertz CT molecular complexity index is 231. The Labute approximate surface area is 104 Å². The Kier molecular flexibility index (Phi) is 4.79. The number of hydrogen-bond acceptors (Lipinski definition) is 4. The van der Waals surface area contributed by atoms with Gasteiger partial charge in [0.2, 0.25) is 0 Å². The second-order valence-corrected chi connectivity index (χ2v) is 5.56. The SMILES string of the molecule is CC1CCN(C(C)CC2COCCN2)C1CO. The summed E-state index contributed by atoms with van der Waals surface area (Å²) in [6.07, 6.45) is 2.33. The third-order valence-electron chi connectivity index (χ3n) is 4.30. The summed E-state index contributed by atoms with van der Waals surface area (Å²) in [4.78, 5) is 2.47. The van der Waals surface area contributed by atoms with Crippen molar-refractivity contribution in [3.63, 3.8) is 0 Å². The first-order chi connectivity index (χ1) is 8.22. The van der Waals surface area contributed by atoms with E-state index in [0.29, 0.717) is 30.7 Å². The van der Waals surface area contributed by atoms with Gasteiger partial charge < -0.3 is 15.2 Å². The molecule has 4 nitrogen and oxygen atoms in total. The van der Waals surface area contributed by atoms with Crippen molar-refractivity contribution in [2.24, 2.45) is 5.92 Å². The van der Waals surface area contributed by atoms with Crippen molar-refractivity contribution in [2.75, 3.05) is 32.9 Å². The van der Waals surface area contributed by atoms with Crippen molar-refractivity contribution < 1.29 is 9.84 Å². The number of aliphatic hydroxyl groups excluding tert-OH is 1. The van der Waals surface area contributed by atoms with Gasteiger partial charge in [-0.3, -0.25) is 4.90 Å². The summed E-state index contributed by atoms with van der Waals surface area (Å²) in [7, 11) is 0. The lowest BCUT2D eigenvalue weighted by atomic mass is 10.0. The van der Waals surface area contributed by atoms with Crippen molar-refractivity contribution >= 4 is 0 Å². The highest BCUT2D eigenvalue weighted by Crippen LogP contribution is 2.27. The quantitative estimate of drug-likeness (QED) is 0.751. The molecule has 2 aliphatic rings. The molecule has 2 saturated heterocycles. The first-order valence-corrected chi connectivity index (χ1v) is 6.90. The zero-order valence-electron chi connectivity index (χ0n) is 11.1. The predicted molar refractivity (Wildman–Crippen MR) is 68.0 cm³/mol. The first kappa shape index (κ1) is 13.3. The van der Waals surface area contributed by atoms with Gasteiger partial charge in [-0.05, 0) is 32.2 Å². The molecule has 0 aliphatic carbocycles. The van der Waals surface area contributed by atoms with E-state index in [1.165, 1.54) is 6.42 Å². The van der Waals surface area contributed by atoms with E-state index in [-0.39, 0.29) is 0 Å². The topological polar surface area (TPSA) is 44.7 Å². The fourth-order valence-electron chi connectivity index (χ4n) is 3.19. The molecule has 100 valence electrons. The van der Waals surface area contributed by atoms with Gasteiger partial charge in [-0.1, -0.05) is 6.92 Å². The number of likely N-dealkylation sites (tertiary alicyclic amines) is 1. The van der Waals surface area contributed by atoms with E-state index < -0.39 is 0 Å². The van der Waals surface area contributed by atoms with Crippen LogP contribution < -0.4 is 5.32 Å². The van der Waals surface area contributed by atoms with Gasteiger partial charge >= 0.3 is 0 Å². The molecule has 2 N–H and O–H groups in total. The van der Waals surface area contributed by atoms with Gasteiger partial charge in [0.05, 0.1) is 19.8 Å². The third kappa shape index (κ3) is 3.19. The second kappa shape index (κ2) is 6.14. The summed E-state index contributed by atoms with van der Waals surface area (Å²) in [6.45, 7) is 8.58. The van der Waals surface area contributed by atoms with Gasteiger partial charge in [0.25, 0.3) is 0 Å². The highest BCUT2D eigenvalue weighted by molar-refractivity contribution is 4.89. The van der Waals surface area contributed by atoms with E-state index >= 15 is 0 Å². The monoisotopic (exact) mass is 242 g/mol. The van der Waals surface area contributed by atoms with Gasteiger partial charge in [0.15, 0.2) is 0 Å². The van der Waals surface area contributed by atoms with Crippen LogP contribution in [0.25, 0.3) is 0 Å². The van der Waals surface area contributed by atoms with Crippen LogP contribution in [-0.2, 0) is 4.74 Å². The van der Waals surface area contributed by atoms with Gasteiger partial charge in [-0.15, -0.1) is 0 Å². The molecule has 0 bridgehead atoms. The van der Waals surface area contributed by atoms with Crippen LogP contribution in [0.5, 0.6) is 0 Å². The zero-order valence-corrected chi connectivity index (χ0v) is 11.1. The lowest BCUT2D eigenvalue weighted by Crippen LogP contribution is -2.48. The molecule has 0 radical (unpaired) electrons. The molecule has 2 heterocycles. The van der Waals surface area contributed by atoms with E-state index in [2.05, 4.69) is 24.1 Å². The Morgan fingerprint density at radius 3 is 3.00 bits per heavy atom. The maximum atomic E-state index is 9.48. The number of aliphatic hydroxyl groups is 1. The molecular formula is C13H26N2O2. The molecule has 0 aromatic carbocycles. The maximum Gasteiger partial charge on any atom is 0.0620 e.